The van der Waals surface area contributed by atoms with Gasteiger partial charge >= 0.3 is 0 Å². The van der Waals surface area contributed by atoms with Crippen molar-refractivity contribution in [3.05, 3.63) is 0 Å². The van der Waals surface area contributed by atoms with E-state index in [-0.39, 0.29) is 29.8 Å². The maximum Gasteiger partial charge on any atom is 0.227 e. The van der Waals surface area contributed by atoms with Gasteiger partial charge in [0.15, 0.2) is 0 Å². The quantitative estimate of drug-likeness (QED) is 0.811. The van der Waals surface area contributed by atoms with Crippen LogP contribution in [0.5, 0.6) is 0 Å². The lowest BCUT2D eigenvalue weighted by molar-refractivity contribution is -0.139. The van der Waals surface area contributed by atoms with E-state index in [1.54, 1.807) is 0 Å². The van der Waals surface area contributed by atoms with Gasteiger partial charge < -0.3 is 16.0 Å². The van der Waals surface area contributed by atoms with Gasteiger partial charge in [-0.3, -0.25) is 9.59 Å². The Morgan fingerprint density at radius 1 is 1.14 bits per heavy atom. The lowest BCUT2D eigenvalue weighted by Crippen LogP contribution is -2.51. The van der Waals surface area contributed by atoms with E-state index in [2.05, 4.69) is 5.32 Å². The smallest absolute Gasteiger partial charge is 0.227 e. The van der Waals surface area contributed by atoms with Crippen LogP contribution >= 0.6 is 0 Å². The Morgan fingerprint density at radius 3 is 2.38 bits per heavy atom. The lowest BCUT2D eigenvalue weighted by Gasteiger charge is -2.37. The fourth-order valence-electron chi connectivity index (χ4n) is 4.49. The topological polar surface area (TPSA) is 75.4 Å². The van der Waals surface area contributed by atoms with Crippen LogP contribution in [-0.4, -0.2) is 41.9 Å². The number of nitrogens with one attached hydrogen (secondary N) is 1. The molecule has 3 fully saturated rings. The van der Waals surface area contributed by atoms with Crippen LogP contribution < -0.4 is 11.1 Å². The maximum atomic E-state index is 12.7. The van der Waals surface area contributed by atoms with Crippen LogP contribution in [-0.2, 0) is 9.59 Å². The van der Waals surface area contributed by atoms with E-state index >= 15 is 0 Å². The zero-order valence-corrected chi connectivity index (χ0v) is 12.9. The predicted octanol–water partition coefficient (Wildman–Crippen LogP) is 0.877. The van der Waals surface area contributed by atoms with Gasteiger partial charge in [0.05, 0.1) is 5.92 Å². The second kappa shape index (κ2) is 5.95. The molecule has 4 atom stereocenters. The molecule has 1 saturated heterocycles. The number of fused-ring (bicyclic) bond motifs is 2. The summed E-state index contributed by atoms with van der Waals surface area (Å²) in [4.78, 5) is 26.2. The molecule has 2 bridgehead atoms. The Balaban J connectivity index is 1.52. The van der Waals surface area contributed by atoms with Crippen LogP contribution in [0.25, 0.3) is 0 Å². The molecule has 2 aliphatic carbocycles. The van der Waals surface area contributed by atoms with Crippen LogP contribution in [0.1, 0.15) is 45.4 Å². The molecule has 2 saturated carbocycles. The molecule has 3 aliphatic rings. The molecule has 0 aromatic heterocycles. The number of hydrogen-bond donors (Lipinski definition) is 2. The first kappa shape index (κ1) is 14.8. The minimum absolute atomic E-state index is 0.0607. The average molecular weight is 293 g/mol. The summed E-state index contributed by atoms with van der Waals surface area (Å²) in [7, 11) is 0. The molecule has 0 aromatic rings. The van der Waals surface area contributed by atoms with Gasteiger partial charge in [-0.25, -0.2) is 0 Å². The summed E-state index contributed by atoms with van der Waals surface area (Å²) >= 11 is 0. The molecular weight excluding hydrogens is 266 g/mol. The number of hydrogen-bond acceptors (Lipinski definition) is 3. The third kappa shape index (κ3) is 2.80. The normalized spacial score (nSPS) is 36.0. The van der Waals surface area contributed by atoms with Crippen molar-refractivity contribution in [3.63, 3.8) is 0 Å². The highest BCUT2D eigenvalue weighted by atomic mass is 16.2. The number of carbonyl (C=O) groups excluding carboxylic acids is 2. The minimum atomic E-state index is 0.0607. The zero-order valence-electron chi connectivity index (χ0n) is 12.9. The van der Waals surface area contributed by atoms with Crippen LogP contribution in [0.4, 0.5) is 0 Å². The third-order valence-electron chi connectivity index (χ3n) is 5.76. The van der Waals surface area contributed by atoms with Crippen molar-refractivity contribution in [1.82, 2.24) is 10.2 Å². The first-order chi connectivity index (χ1) is 10.1. The van der Waals surface area contributed by atoms with E-state index in [0.717, 1.165) is 32.4 Å². The van der Waals surface area contributed by atoms with Crippen molar-refractivity contribution >= 4 is 11.8 Å². The van der Waals surface area contributed by atoms with E-state index in [4.69, 9.17) is 5.73 Å². The van der Waals surface area contributed by atoms with Crippen molar-refractivity contribution in [2.24, 2.45) is 23.5 Å². The van der Waals surface area contributed by atoms with Crippen LogP contribution in [0.3, 0.4) is 0 Å². The standard InChI is InChI=1S/C16H27N3O2/c1-2-13(20)18-12-5-7-19(8-6-12)16(21)14-10-3-4-11(9-10)15(14)17/h10-12,14-15H,2-9,17H2,1H3,(H,18,20). The second-order valence-corrected chi connectivity index (χ2v) is 6.96. The van der Waals surface area contributed by atoms with Gasteiger partial charge in [-0.1, -0.05) is 6.92 Å². The molecule has 2 amide bonds. The van der Waals surface area contributed by atoms with Gasteiger partial charge in [0, 0.05) is 31.6 Å². The average Bonchev–Trinajstić information content (AvgIpc) is 3.08. The molecule has 118 valence electrons. The highest BCUT2D eigenvalue weighted by Crippen LogP contribution is 2.48. The molecule has 5 heteroatoms. The molecule has 4 unspecified atom stereocenters. The van der Waals surface area contributed by atoms with Gasteiger partial charge in [-0.15, -0.1) is 0 Å². The first-order valence-corrected chi connectivity index (χ1v) is 8.44. The molecule has 1 aliphatic heterocycles. The van der Waals surface area contributed by atoms with E-state index in [0.29, 0.717) is 18.3 Å². The summed E-state index contributed by atoms with van der Waals surface area (Å²) in [5.41, 5.74) is 6.28. The number of nitrogens with two attached hydrogens (primary N) is 1. The number of nitrogens with zero attached hydrogens (tertiary/aromatic N) is 1. The Hall–Kier alpha value is -1.10. The SMILES string of the molecule is CCC(=O)NC1CCN(C(=O)C2C3CCC(C3)C2N)CC1. The Bertz CT molecular complexity index is 416. The molecule has 0 aromatic carbocycles. The van der Waals surface area contributed by atoms with Crippen molar-refractivity contribution in [2.45, 2.75) is 57.5 Å². The molecule has 0 spiro atoms. The van der Waals surface area contributed by atoms with E-state index < -0.39 is 0 Å². The summed E-state index contributed by atoms with van der Waals surface area (Å²) < 4.78 is 0. The number of amides is 2. The summed E-state index contributed by atoms with van der Waals surface area (Å²) in [5, 5.41) is 3.03. The van der Waals surface area contributed by atoms with E-state index in [1.165, 1.54) is 12.8 Å². The summed E-state index contributed by atoms with van der Waals surface area (Å²) in [6, 6.07) is 0.309. The molecule has 1 heterocycles. The molecular formula is C16H27N3O2. The molecule has 0 radical (unpaired) electrons. The second-order valence-electron chi connectivity index (χ2n) is 6.96. The van der Waals surface area contributed by atoms with E-state index in [1.807, 2.05) is 11.8 Å². The Morgan fingerprint density at radius 2 is 1.81 bits per heavy atom. The lowest BCUT2D eigenvalue weighted by atomic mass is 9.83. The number of carbonyl (C=O) groups is 2. The number of rotatable bonds is 3. The monoisotopic (exact) mass is 293 g/mol. The van der Waals surface area contributed by atoms with Gasteiger partial charge in [-0.05, 0) is 43.9 Å². The fraction of sp³-hybridized carbons (Fsp3) is 0.875. The van der Waals surface area contributed by atoms with Crippen molar-refractivity contribution in [2.75, 3.05) is 13.1 Å². The number of piperidine rings is 1. The first-order valence-electron chi connectivity index (χ1n) is 8.44. The minimum Gasteiger partial charge on any atom is -0.353 e. The van der Waals surface area contributed by atoms with E-state index in [9.17, 15) is 9.59 Å². The van der Waals surface area contributed by atoms with Crippen LogP contribution in [0.15, 0.2) is 0 Å². The molecule has 5 nitrogen and oxygen atoms in total. The summed E-state index contributed by atoms with van der Waals surface area (Å²) in [6.45, 7) is 3.38. The van der Waals surface area contributed by atoms with Crippen molar-refractivity contribution < 1.29 is 9.59 Å². The van der Waals surface area contributed by atoms with Crippen LogP contribution in [0, 0.1) is 17.8 Å². The Labute approximate surface area is 126 Å². The summed E-state index contributed by atoms with van der Waals surface area (Å²) in [6.07, 6.45) is 5.80. The fourth-order valence-corrected chi connectivity index (χ4v) is 4.49. The highest BCUT2D eigenvalue weighted by Gasteiger charge is 2.50. The van der Waals surface area contributed by atoms with Gasteiger partial charge in [0.25, 0.3) is 0 Å². The van der Waals surface area contributed by atoms with Gasteiger partial charge in [-0.2, -0.15) is 0 Å². The maximum absolute atomic E-state index is 12.7. The van der Waals surface area contributed by atoms with Crippen molar-refractivity contribution in [3.8, 4) is 0 Å². The third-order valence-corrected chi connectivity index (χ3v) is 5.76. The Kier molecular flexibility index (Phi) is 4.20. The molecule has 3 rings (SSSR count). The largest absolute Gasteiger partial charge is 0.353 e. The zero-order chi connectivity index (χ0) is 15.0. The van der Waals surface area contributed by atoms with Gasteiger partial charge in [0.1, 0.15) is 0 Å². The molecule has 3 N–H and O–H groups in total. The predicted molar refractivity (Wildman–Crippen MR) is 80.3 cm³/mol. The van der Waals surface area contributed by atoms with Gasteiger partial charge in [0.2, 0.25) is 11.8 Å². The number of likely N-dealkylation sites (tertiary alicyclic amines) is 1. The highest BCUT2D eigenvalue weighted by molar-refractivity contribution is 5.81. The summed E-state index contributed by atoms with van der Waals surface area (Å²) in [5.74, 6) is 1.54. The van der Waals surface area contributed by atoms with Crippen LogP contribution in [0.2, 0.25) is 0 Å². The van der Waals surface area contributed by atoms with Crippen molar-refractivity contribution in [1.29, 1.82) is 0 Å². The molecule has 21 heavy (non-hydrogen) atoms.